The van der Waals surface area contributed by atoms with Gasteiger partial charge >= 0.3 is 6.18 Å². The average molecular weight is 238 g/mol. The van der Waals surface area contributed by atoms with Gasteiger partial charge in [0, 0.05) is 6.54 Å². The van der Waals surface area contributed by atoms with Gasteiger partial charge in [0.25, 0.3) is 0 Å². The highest BCUT2D eigenvalue weighted by Crippen LogP contribution is 2.31. The minimum atomic E-state index is -4.28. The first-order valence-corrected chi connectivity index (χ1v) is 5.76. The summed E-state index contributed by atoms with van der Waals surface area (Å²) in [6.45, 7) is 1.39. The summed E-state index contributed by atoms with van der Waals surface area (Å²) < 4.78 is 37.4. The van der Waals surface area contributed by atoms with Crippen molar-refractivity contribution in [1.82, 2.24) is 4.90 Å². The number of nitriles is 1. The molecule has 0 radical (unpaired) electrons. The largest absolute Gasteiger partial charge is 0.402 e. The zero-order chi connectivity index (χ0) is 11.3. The average Bonchev–Trinajstić information content (AvgIpc) is 2.17. The summed E-state index contributed by atoms with van der Waals surface area (Å²) in [5.41, 5.74) is 0. The van der Waals surface area contributed by atoms with E-state index in [1.54, 1.807) is 4.90 Å². The van der Waals surface area contributed by atoms with Crippen molar-refractivity contribution in [2.45, 2.75) is 30.7 Å². The van der Waals surface area contributed by atoms with Gasteiger partial charge < -0.3 is 4.90 Å². The number of halogens is 3. The highest BCUT2D eigenvalue weighted by Gasteiger charge is 2.41. The molecule has 0 bridgehead atoms. The monoisotopic (exact) mass is 238 g/mol. The van der Waals surface area contributed by atoms with E-state index in [1.807, 2.05) is 0 Å². The summed E-state index contributed by atoms with van der Waals surface area (Å²) in [6, 6.07) is 0. The summed E-state index contributed by atoms with van der Waals surface area (Å²) in [5, 5.41) is 8.29. The van der Waals surface area contributed by atoms with Crippen LogP contribution >= 0.6 is 11.8 Å². The van der Waals surface area contributed by atoms with Crippen LogP contribution < -0.4 is 0 Å². The van der Waals surface area contributed by atoms with Gasteiger partial charge in [-0.05, 0) is 37.7 Å². The zero-order valence-corrected chi connectivity index (χ0v) is 9.07. The SMILES string of the molecule is N#CSC(CN1CCCCC1)C(F)(F)F. The Bertz CT molecular complexity index is 230. The number of rotatable bonds is 3. The molecule has 86 valence electrons. The van der Waals surface area contributed by atoms with Crippen molar-refractivity contribution >= 4 is 11.8 Å². The van der Waals surface area contributed by atoms with Gasteiger partial charge in [-0.2, -0.15) is 18.4 Å². The number of nitrogens with zero attached hydrogens (tertiary/aromatic N) is 2. The van der Waals surface area contributed by atoms with Crippen LogP contribution in [0.3, 0.4) is 0 Å². The maximum absolute atomic E-state index is 12.5. The smallest absolute Gasteiger partial charge is 0.302 e. The van der Waals surface area contributed by atoms with Crippen LogP contribution in [0.25, 0.3) is 0 Å². The maximum atomic E-state index is 12.5. The Labute approximate surface area is 91.4 Å². The molecular formula is C9H13F3N2S. The zero-order valence-electron chi connectivity index (χ0n) is 8.26. The van der Waals surface area contributed by atoms with Gasteiger partial charge in [-0.15, -0.1) is 0 Å². The second kappa shape index (κ2) is 5.61. The summed E-state index contributed by atoms with van der Waals surface area (Å²) in [7, 11) is 0. The predicted octanol–water partition coefficient (Wildman–Crippen LogP) is 2.62. The molecule has 1 fully saturated rings. The van der Waals surface area contributed by atoms with Crippen molar-refractivity contribution in [1.29, 1.82) is 5.26 Å². The molecule has 1 atom stereocenters. The lowest BCUT2D eigenvalue weighted by molar-refractivity contribution is -0.132. The fraction of sp³-hybridized carbons (Fsp3) is 0.889. The standard InChI is InChI=1S/C9H13F3N2S/c10-9(11,12)8(15-7-13)6-14-4-2-1-3-5-14/h8H,1-6H2. The fourth-order valence-corrected chi connectivity index (χ4v) is 2.19. The van der Waals surface area contributed by atoms with Crippen LogP contribution in [0.4, 0.5) is 13.2 Å². The minimum absolute atomic E-state index is 0.0538. The normalized spacial score (nSPS) is 20.9. The number of thiocyanates is 1. The molecule has 1 heterocycles. The number of alkyl halides is 3. The third-order valence-corrected chi connectivity index (χ3v) is 3.24. The Morgan fingerprint density at radius 2 is 1.87 bits per heavy atom. The molecule has 1 aliphatic heterocycles. The Kier molecular flexibility index (Phi) is 4.74. The Morgan fingerprint density at radius 1 is 1.27 bits per heavy atom. The van der Waals surface area contributed by atoms with Crippen molar-refractivity contribution in [3.05, 3.63) is 0 Å². The Balaban J connectivity index is 2.46. The van der Waals surface area contributed by atoms with E-state index in [-0.39, 0.29) is 6.54 Å². The van der Waals surface area contributed by atoms with Crippen molar-refractivity contribution in [3.63, 3.8) is 0 Å². The first-order valence-electron chi connectivity index (χ1n) is 4.88. The molecular weight excluding hydrogens is 225 g/mol. The molecule has 15 heavy (non-hydrogen) atoms. The van der Waals surface area contributed by atoms with E-state index in [0.717, 1.165) is 32.4 Å². The van der Waals surface area contributed by atoms with Crippen molar-refractivity contribution < 1.29 is 13.2 Å². The molecule has 1 saturated heterocycles. The summed E-state index contributed by atoms with van der Waals surface area (Å²) in [5.74, 6) is 0. The second-order valence-corrected chi connectivity index (χ2v) is 4.59. The molecule has 2 nitrogen and oxygen atoms in total. The van der Waals surface area contributed by atoms with Crippen molar-refractivity contribution in [2.24, 2.45) is 0 Å². The number of hydrogen-bond donors (Lipinski definition) is 0. The molecule has 0 aromatic heterocycles. The van der Waals surface area contributed by atoms with E-state index < -0.39 is 11.4 Å². The molecule has 0 N–H and O–H groups in total. The topological polar surface area (TPSA) is 27.0 Å². The van der Waals surface area contributed by atoms with Crippen LogP contribution in [-0.2, 0) is 0 Å². The quantitative estimate of drug-likeness (QED) is 0.707. The molecule has 6 heteroatoms. The van der Waals surface area contributed by atoms with E-state index in [0.29, 0.717) is 11.8 Å². The summed E-state index contributed by atoms with van der Waals surface area (Å²) in [6.07, 6.45) is -1.26. The number of likely N-dealkylation sites (tertiary alicyclic amines) is 1. The molecule has 0 aromatic rings. The van der Waals surface area contributed by atoms with Gasteiger partial charge in [0.15, 0.2) is 0 Å². The highest BCUT2D eigenvalue weighted by atomic mass is 32.2. The van der Waals surface area contributed by atoms with E-state index in [9.17, 15) is 13.2 Å². The molecule has 0 saturated carbocycles. The van der Waals surface area contributed by atoms with E-state index >= 15 is 0 Å². The Hall–Kier alpha value is -0.410. The lowest BCUT2D eigenvalue weighted by Crippen LogP contribution is -2.41. The molecule has 0 aliphatic carbocycles. The lowest BCUT2D eigenvalue weighted by atomic mass is 10.1. The second-order valence-electron chi connectivity index (χ2n) is 3.60. The van der Waals surface area contributed by atoms with Crippen LogP contribution in [0.15, 0.2) is 0 Å². The molecule has 1 rings (SSSR count). The third-order valence-electron chi connectivity index (χ3n) is 2.43. The lowest BCUT2D eigenvalue weighted by Gasteiger charge is -2.29. The van der Waals surface area contributed by atoms with Gasteiger partial charge in [0.2, 0.25) is 0 Å². The Morgan fingerprint density at radius 3 is 2.33 bits per heavy atom. The van der Waals surface area contributed by atoms with Gasteiger partial charge in [-0.3, -0.25) is 0 Å². The predicted molar refractivity (Wildman–Crippen MR) is 53.3 cm³/mol. The van der Waals surface area contributed by atoms with E-state index in [2.05, 4.69) is 0 Å². The van der Waals surface area contributed by atoms with Crippen LogP contribution in [0, 0.1) is 10.7 Å². The fourth-order valence-electron chi connectivity index (χ4n) is 1.65. The first-order chi connectivity index (χ1) is 7.04. The molecule has 0 amide bonds. The summed E-state index contributed by atoms with van der Waals surface area (Å²) >= 11 is 0.316. The van der Waals surface area contributed by atoms with Crippen LogP contribution in [0.1, 0.15) is 19.3 Å². The molecule has 1 aliphatic rings. The number of piperidine rings is 1. The van der Waals surface area contributed by atoms with Crippen molar-refractivity contribution in [3.8, 4) is 5.40 Å². The number of hydrogen-bond acceptors (Lipinski definition) is 3. The van der Waals surface area contributed by atoms with Gasteiger partial charge in [-0.25, -0.2) is 0 Å². The van der Waals surface area contributed by atoms with Crippen LogP contribution in [-0.4, -0.2) is 36.0 Å². The van der Waals surface area contributed by atoms with Crippen molar-refractivity contribution in [2.75, 3.05) is 19.6 Å². The number of thioether (sulfide) groups is 1. The summed E-state index contributed by atoms with van der Waals surface area (Å²) in [4.78, 5) is 1.80. The minimum Gasteiger partial charge on any atom is -0.302 e. The first kappa shape index (κ1) is 12.7. The van der Waals surface area contributed by atoms with Crippen LogP contribution in [0.2, 0.25) is 0 Å². The van der Waals surface area contributed by atoms with Gasteiger partial charge in [0.1, 0.15) is 10.7 Å². The third kappa shape index (κ3) is 4.31. The maximum Gasteiger partial charge on any atom is 0.402 e. The highest BCUT2D eigenvalue weighted by molar-refractivity contribution is 8.04. The molecule has 0 spiro atoms. The van der Waals surface area contributed by atoms with Gasteiger partial charge in [0.05, 0.1) is 0 Å². The van der Waals surface area contributed by atoms with E-state index in [1.165, 1.54) is 5.40 Å². The molecule has 0 aromatic carbocycles. The molecule has 1 unspecified atom stereocenters. The van der Waals surface area contributed by atoms with E-state index in [4.69, 9.17) is 5.26 Å². The van der Waals surface area contributed by atoms with Gasteiger partial charge in [-0.1, -0.05) is 6.42 Å². The van der Waals surface area contributed by atoms with Crippen LogP contribution in [0.5, 0.6) is 0 Å².